The molecule has 0 aliphatic carbocycles. The molecule has 3 amide bonds. The first-order valence-electron chi connectivity index (χ1n) is 10.1. The SMILES string of the molecule is O=C(Nc1ccccc1Oc1ccccc1Cl)N1CCN(C(=O)C2CCCO2)CC1. The van der Waals surface area contributed by atoms with Crippen molar-refractivity contribution in [3.8, 4) is 11.5 Å². The minimum Gasteiger partial charge on any atom is -0.454 e. The van der Waals surface area contributed by atoms with Crippen LogP contribution >= 0.6 is 11.6 Å². The van der Waals surface area contributed by atoms with E-state index in [2.05, 4.69) is 5.32 Å². The summed E-state index contributed by atoms with van der Waals surface area (Å²) in [6.45, 7) is 2.60. The molecule has 158 valence electrons. The van der Waals surface area contributed by atoms with Crippen LogP contribution < -0.4 is 10.1 Å². The van der Waals surface area contributed by atoms with Crippen molar-refractivity contribution < 1.29 is 19.1 Å². The summed E-state index contributed by atoms with van der Waals surface area (Å²) in [6, 6.07) is 14.2. The van der Waals surface area contributed by atoms with Crippen LogP contribution in [0.1, 0.15) is 12.8 Å². The van der Waals surface area contributed by atoms with Gasteiger partial charge in [0.2, 0.25) is 0 Å². The van der Waals surface area contributed by atoms with Crippen molar-refractivity contribution in [1.29, 1.82) is 0 Å². The van der Waals surface area contributed by atoms with Crippen LogP contribution in [0, 0.1) is 0 Å². The standard InChI is InChI=1S/C22H24ClN3O4/c23-16-6-1-3-8-18(16)30-19-9-4-2-7-17(19)24-22(28)26-13-11-25(12-14-26)21(27)20-10-5-15-29-20/h1-4,6-9,20H,5,10-15H2,(H,24,28). The predicted molar refractivity (Wildman–Crippen MR) is 114 cm³/mol. The Bertz CT molecular complexity index is 909. The number of nitrogens with zero attached hydrogens (tertiary/aromatic N) is 2. The number of piperazine rings is 1. The summed E-state index contributed by atoms with van der Waals surface area (Å²) in [5.41, 5.74) is 0.556. The van der Waals surface area contributed by atoms with Crippen LogP contribution in [0.5, 0.6) is 11.5 Å². The van der Waals surface area contributed by atoms with Gasteiger partial charge in [0.05, 0.1) is 10.7 Å². The molecule has 0 aromatic heterocycles. The van der Waals surface area contributed by atoms with Gasteiger partial charge >= 0.3 is 6.03 Å². The van der Waals surface area contributed by atoms with E-state index in [9.17, 15) is 9.59 Å². The number of halogens is 1. The fourth-order valence-corrected chi connectivity index (χ4v) is 3.78. The molecule has 2 fully saturated rings. The zero-order valence-corrected chi connectivity index (χ0v) is 17.3. The number of hydrogen-bond acceptors (Lipinski definition) is 4. The highest BCUT2D eigenvalue weighted by Gasteiger charge is 2.31. The van der Waals surface area contributed by atoms with Crippen LogP contribution in [0.3, 0.4) is 0 Å². The first-order valence-corrected chi connectivity index (χ1v) is 10.5. The van der Waals surface area contributed by atoms with Crippen molar-refractivity contribution in [2.45, 2.75) is 18.9 Å². The summed E-state index contributed by atoms with van der Waals surface area (Å²) in [5, 5.41) is 3.40. The topological polar surface area (TPSA) is 71.1 Å². The molecule has 1 atom stereocenters. The summed E-state index contributed by atoms with van der Waals surface area (Å²) in [4.78, 5) is 28.7. The number of carbonyl (C=O) groups is 2. The molecule has 1 unspecified atom stereocenters. The Morgan fingerprint density at radius 1 is 0.967 bits per heavy atom. The molecule has 2 heterocycles. The van der Waals surface area contributed by atoms with Gasteiger partial charge in [-0.1, -0.05) is 35.9 Å². The molecule has 7 nitrogen and oxygen atoms in total. The summed E-state index contributed by atoms with van der Waals surface area (Å²) in [7, 11) is 0. The van der Waals surface area contributed by atoms with E-state index in [-0.39, 0.29) is 18.0 Å². The second-order valence-electron chi connectivity index (χ2n) is 7.27. The second kappa shape index (κ2) is 9.36. The number of urea groups is 1. The zero-order valence-electron chi connectivity index (χ0n) is 16.6. The molecular weight excluding hydrogens is 406 g/mol. The maximum Gasteiger partial charge on any atom is 0.322 e. The molecule has 2 aliphatic rings. The number of benzene rings is 2. The van der Waals surface area contributed by atoms with Crippen molar-refractivity contribution >= 4 is 29.2 Å². The molecule has 8 heteroatoms. The van der Waals surface area contributed by atoms with Crippen LogP contribution in [0.25, 0.3) is 0 Å². The number of anilines is 1. The second-order valence-corrected chi connectivity index (χ2v) is 7.68. The van der Waals surface area contributed by atoms with Crippen molar-refractivity contribution in [3.05, 3.63) is 53.6 Å². The highest BCUT2D eigenvalue weighted by molar-refractivity contribution is 6.32. The van der Waals surface area contributed by atoms with E-state index < -0.39 is 0 Å². The van der Waals surface area contributed by atoms with E-state index in [1.54, 1.807) is 34.1 Å². The fraction of sp³-hybridized carbons (Fsp3) is 0.364. The quantitative estimate of drug-likeness (QED) is 0.797. The Labute approximate surface area is 180 Å². The van der Waals surface area contributed by atoms with Gasteiger partial charge in [-0.25, -0.2) is 4.79 Å². The molecule has 2 aromatic rings. The van der Waals surface area contributed by atoms with Crippen molar-refractivity contribution in [2.75, 3.05) is 38.1 Å². The van der Waals surface area contributed by atoms with Gasteiger partial charge in [-0.2, -0.15) is 0 Å². The van der Waals surface area contributed by atoms with Crippen molar-refractivity contribution in [2.24, 2.45) is 0 Å². The highest BCUT2D eigenvalue weighted by Crippen LogP contribution is 2.33. The van der Waals surface area contributed by atoms with E-state index in [1.165, 1.54) is 0 Å². The lowest BCUT2D eigenvalue weighted by Crippen LogP contribution is -2.53. The molecule has 2 saturated heterocycles. The maximum atomic E-state index is 12.8. The first kappa shape index (κ1) is 20.5. The van der Waals surface area contributed by atoms with Crippen molar-refractivity contribution in [1.82, 2.24) is 9.80 Å². The normalized spacial score (nSPS) is 18.9. The molecule has 0 radical (unpaired) electrons. The minimum atomic E-state index is -0.320. The van der Waals surface area contributed by atoms with Gasteiger partial charge in [-0.05, 0) is 37.1 Å². The molecule has 2 aromatic carbocycles. The predicted octanol–water partition coefficient (Wildman–Crippen LogP) is 3.99. The lowest BCUT2D eigenvalue weighted by molar-refractivity contribution is -0.142. The third kappa shape index (κ3) is 4.68. The van der Waals surface area contributed by atoms with E-state index in [1.807, 2.05) is 24.3 Å². The van der Waals surface area contributed by atoms with Gasteiger partial charge in [0.25, 0.3) is 5.91 Å². The number of ether oxygens (including phenoxy) is 2. The van der Waals surface area contributed by atoms with Gasteiger partial charge in [0.15, 0.2) is 5.75 Å². The lowest BCUT2D eigenvalue weighted by atomic mass is 10.2. The summed E-state index contributed by atoms with van der Waals surface area (Å²) in [6.07, 6.45) is 1.38. The fourth-order valence-electron chi connectivity index (χ4n) is 3.61. The minimum absolute atomic E-state index is 0.0334. The first-order chi connectivity index (χ1) is 14.6. The monoisotopic (exact) mass is 429 g/mol. The lowest BCUT2D eigenvalue weighted by Gasteiger charge is -2.35. The number of amides is 3. The smallest absolute Gasteiger partial charge is 0.322 e. The highest BCUT2D eigenvalue weighted by atomic mass is 35.5. The molecule has 4 rings (SSSR count). The summed E-state index contributed by atoms with van der Waals surface area (Å²) >= 11 is 6.18. The summed E-state index contributed by atoms with van der Waals surface area (Å²) in [5.74, 6) is 1.05. The van der Waals surface area contributed by atoms with Gasteiger partial charge in [-0.15, -0.1) is 0 Å². The van der Waals surface area contributed by atoms with Gasteiger partial charge < -0.3 is 24.6 Å². The van der Waals surface area contributed by atoms with Gasteiger partial charge in [0, 0.05) is 32.8 Å². The third-order valence-electron chi connectivity index (χ3n) is 5.27. The third-order valence-corrected chi connectivity index (χ3v) is 5.58. The largest absolute Gasteiger partial charge is 0.454 e. The summed E-state index contributed by atoms with van der Waals surface area (Å²) < 4.78 is 11.4. The van der Waals surface area contributed by atoms with E-state index >= 15 is 0 Å². The number of carbonyl (C=O) groups excluding carboxylic acids is 2. The molecule has 2 aliphatic heterocycles. The Kier molecular flexibility index (Phi) is 6.40. The van der Waals surface area contributed by atoms with E-state index in [4.69, 9.17) is 21.1 Å². The Morgan fingerprint density at radius 2 is 1.63 bits per heavy atom. The van der Waals surface area contributed by atoms with Crippen LogP contribution in [0.4, 0.5) is 10.5 Å². The maximum absolute atomic E-state index is 12.8. The van der Waals surface area contributed by atoms with Crippen LogP contribution in [0.15, 0.2) is 48.5 Å². The Morgan fingerprint density at radius 3 is 2.33 bits per heavy atom. The Hall–Kier alpha value is -2.77. The van der Waals surface area contributed by atoms with Crippen LogP contribution in [-0.2, 0) is 9.53 Å². The number of para-hydroxylation sites is 3. The average Bonchev–Trinajstić information content (AvgIpc) is 3.31. The van der Waals surface area contributed by atoms with Crippen molar-refractivity contribution in [3.63, 3.8) is 0 Å². The number of rotatable bonds is 4. The molecule has 30 heavy (non-hydrogen) atoms. The molecule has 0 spiro atoms. The van der Waals surface area contributed by atoms with Gasteiger partial charge in [0.1, 0.15) is 11.9 Å². The number of hydrogen-bond donors (Lipinski definition) is 1. The van der Waals surface area contributed by atoms with Gasteiger partial charge in [-0.3, -0.25) is 4.79 Å². The van der Waals surface area contributed by atoms with Crippen LogP contribution in [0.2, 0.25) is 5.02 Å². The molecule has 1 N–H and O–H groups in total. The number of nitrogens with one attached hydrogen (secondary N) is 1. The van der Waals surface area contributed by atoms with E-state index in [0.29, 0.717) is 55.0 Å². The molecule has 0 bridgehead atoms. The average molecular weight is 430 g/mol. The van der Waals surface area contributed by atoms with Crippen LogP contribution in [-0.4, -0.2) is 60.6 Å². The van der Waals surface area contributed by atoms with E-state index in [0.717, 1.165) is 12.8 Å². The molecule has 0 saturated carbocycles. The Balaban J connectivity index is 1.36. The zero-order chi connectivity index (χ0) is 20.9. The molecular formula is C22H24ClN3O4.